The minimum Gasteiger partial charge on any atom is -0.292 e. The summed E-state index contributed by atoms with van der Waals surface area (Å²) in [6.07, 6.45) is 2.95. The summed E-state index contributed by atoms with van der Waals surface area (Å²) in [5.74, 6) is 1.25. The Morgan fingerprint density at radius 2 is 2.21 bits per heavy atom. The molecule has 3 heterocycles. The Balaban J connectivity index is 1.70. The highest BCUT2D eigenvalue weighted by atomic mass is 32.1. The monoisotopic (exact) mass is 345 g/mol. The van der Waals surface area contributed by atoms with Crippen LogP contribution in [0.2, 0.25) is 0 Å². The molecule has 0 radical (unpaired) electrons. The van der Waals surface area contributed by atoms with Crippen LogP contribution >= 0.6 is 11.3 Å². The molecule has 1 amide bonds. The number of carbonyl (C=O) groups is 1. The fourth-order valence-electron chi connectivity index (χ4n) is 2.67. The summed E-state index contributed by atoms with van der Waals surface area (Å²) in [5.41, 5.74) is 3.40. The third kappa shape index (κ3) is 3.62. The Bertz CT molecular complexity index is 742. The molecule has 24 heavy (non-hydrogen) atoms. The molecule has 0 unspecified atom stereocenters. The highest BCUT2D eigenvalue weighted by Gasteiger charge is 2.20. The Morgan fingerprint density at radius 1 is 1.42 bits per heavy atom. The molecule has 0 N–H and O–H groups in total. The van der Waals surface area contributed by atoms with E-state index in [1.54, 1.807) is 18.9 Å². The van der Waals surface area contributed by atoms with E-state index in [-0.39, 0.29) is 5.91 Å². The predicted molar refractivity (Wildman–Crippen MR) is 95.1 cm³/mol. The molecule has 0 aliphatic carbocycles. The van der Waals surface area contributed by atoms with Gasteiger partial charge in [-0.1, -0.05) is 13.8 Å². The summed E-state index contributed by atoms with van der Waals surface area (Å²) in [6.45, 7) is 8.37. The lowest BCUT2D eigenvalue weighted by molar-refractivity contribution is -0.116. The minimum absolute atomic E-state index is 0.000662. The number of thiazole rings is 1. The van der Waals surface area contributed by atoms with Gasteiger partial charge in [-0.3, -0.25) is 14.6 Å². The number of amides is 1. The van der Waals surface area contributed by atoms with E-state index in [4.69, 9.17) is 4.98 Å². The number of fused-ring (bicyclic) bond motifs is 1. The third-order valence-corrected chi connectivity index (χ3v) is 5.21. The molecule has 1 aliphatic heterocycles. The van der Waals surface area contributed by atoms with Gasteiger partial charge in [0.15, 0.2) is 5.13 Å². The minimum atomic E-state index is 0.000662. The van der Waals surface area contributed by atoms with E-state index in [2.05, 4.69) is 28.7 Å². The van der Waals surface area contributed by atoms with Crippen LogP contribution in [0.25, 0.3) is 0 Å². The summed E-state index contributed by atoms with van der Waals surface area (Å²) < 4.78 is 0. The van der Waals surface area contributed by atoms with Gasteiger partial charge in [-0.15, -0.1) is 11.3 Å². The molecule has 3 rings (SSSR count). The van der Waals surface area contributed by atoms with Crippen molar-refractivity contribution < 1.29 is 4.79 Å². The molecule has 2 aromatic rings. The second-order valence-corrected chi connectivity index (χ2v) is 7.35. The van der Waals surface area contributed by atoms with E-state index in [1.165, 1.54) is 16.9 Å². The zero-order valence-electron chi connectivity index (χ0n) is 14.6. The van der Waals surface area contributed by atoms with Crippen LogP contribution in [-0.4, -0.2) is 39.4 Å². The fraction of sp³-hybridized carbons (Fsp3) is 0.529. The van der Waals surface area contributed by atoms with Crippen molar-refractivity contribution in [1.82, 2.24) is 19.9 Å². The average Bonchev–Trinajstić information content (AvgIpc) is 3.01. The maximum absolute atomic E-state index is 11.4. The summed E-state index contributed by atoms with van der Waals surface area (Å²) in [6, 6.07) is 0. The first-order chi connectivity index (χ1) is 11.4. The topological polar surface area (TPSA) is 62.2 Å². The van der Waals surface area contributed by atoms with Crippen molar-refractivity contribution in [2.45, 2.75) is 46.2 Å². The first kappa shape index (κ1) is 17.0. The van der Waals surface area contributed by atoms with Gasteiger partial charge in [0.05, 0.1) is 11.4 Å². The normalized spacial score (nSPS) is 14.7. The van der Waals surface area contributed by atoms with E-state index >= 15 is 0 Å². The van der Waals surface area contributed by atoms with Crippen molar-refractivity contribution >= 4 is 22.4 Å². The van der Waals surface area contributed by atoms with Gasteiger partial charge in [0, 0.05) is 51.1 Å². The second kappa shape index (κ2) is 6.94. The van der Waals surface area contributed by atoms with Crippen LogP contribution in [0.4, 0.5) is 5.13 Å². The number of hydrogen-bond acceptors (Lipinski definition) is 6. The van der Waals surface area contributed by atoms with Crippen molar-refractivity contribution in [1.29, 1.82) is 0 Å². The Hall–Kier alpha value is -1.86. The molecule has 0 saturated carbocycles. The summed E-state index contributed by atoms with van der Waals surface area (Å²) in [5, 5.41) is 2.78. The van der Waals surface area contributed by atoms with E-state index in [0.717, 1.165) is 48.4 Å². The quantitative estimate of drug-likeness (QED) is 0.852. The molecule has 0 atom stereocenters. The zero-order valence-corrected chi connectivity index (χ0v) is 15.4. The van der Waals surface area contributed by atoms with Gasteiger partial charge >= 0.3 is 0 Å². The number of nitrogens with zero attached hydrogens (tertiary/aromatic N) is 5. The van der Waals surface area contributed by atoms with Gasteiger partial charge in [-0.05, 0) is 12.0 Å². The van der Waals surface area contributed by atoms with Crippen LogP contribution in [0.3, 0.4) is 0 Å². The number of anilines is 1. The van der Waals surface area contributed by atoms with Crippen molar-refractivity contribution in [2.75, 3.05) is 18.5 Å². The molecule has 0 aromatic carbocycles. The van der Waals surface area contributed by atoms with Crippen LogP contribution < -0.4 is 4.90 Å². The highest BCUT2D eigenvalue weighted by Crippen LogP contribution is 2.23. The lowest BCUT2D eigenvalue weighted by atomic mass is 10.1. The number of carbonyl (C=O) groups excluding carboxylic acids is 1. The van der Waals surface area contributed by atoms with Crippen molar-refractivity contribution in [2.24, 2.45) is 0 Å². The molecule has 0 spiro atoms. The summed E-state index contributed by atoms with van der Waals surface area (Å²) in [7, 11) is 1.76. The van der Waals surface area contributed by atoms with Gasteiger partial charge in [0.2, 0.25) is 5.91 Å². The third-order valence-electron chi connectivity index (χ3n) is 4.24. The number of rotatable bonds is 4. The molecular formula is C17H23N5OS. The largest absolute Gasteiger partial charge is 0.292 e. The van der Waals surface area contributed by atoms with Crippen molar-refractivity contribution in [3.8, 4) is 0 Å². The lowest BCUT2D eigenvalue weighted by Crippen LogP contribution is -2.31. The van der Waals surface area contributed by atoms with Gasteiger partial charge in [0.1, 0.15) is 5.82 Å². The lowest BCUT2D eigenvalue weighted by Gasteiger charge is -2.27. The van der Waals surface area contributed by atoms with Crippen molar-refractivity contribution in [3.05, 3.63) is 34.4 Å². The van der Waals surface area contributed by atoms with E-state index < -0.39 is 0 Å². The molecular weight excluding hydrogens is 322 g/mol. The molecule has 6 nitrogen and oxygen atoms in total. The number of hydrogen-bond donors (Lipinski definition) is 0. The summed E-state index contributed by atoms with van der Waals surface area (Å²) >= 11 is 1.51. The van der Waals surface area contributed by atoms with Crippen LogP contribution in [0.15, 0.2) is 11.6 Å². The first-order valence-corrected chi connectivity index (χ1v) is 9.07. The highest BCUT2D eigenvalue weighted by molar-refractivity contribution is 7.14. The smallest absolute Gasteiger partial charge is 0.225 e. The van der Waals surface area contributed by atoms with Gasteiger partial charge in [0.25, 0.3) is 0 Å². The van der Waals surface area contributed by atoms with Crippen LogP contribution in [-0.2, 0) is 24.3 Å². The zero-order chi connectivity index (χ0) is 17.3. The molecule has 7 heteroatoms. The molecule has 0 saturated heterocycles. The maximum Gasteiger partial charge on any atom is 0.225 e. The van der Waals surface area contributed by atoms with Crippen LogP contribution in [0.5, 0.6) is 0 Å². The van der Waals surface area contributed by atoms with E-state index in [1.807, 2.05) is 11.6 Å². The fourth-order valence-corrected chi connectivity index (χ4v) is 3.50. The molecule has 0 fully saturated rings. The summed E-state index contributed by atoms with van der Waals surface area (Å²) in [4.78, 5) is 29.2. The Morgan fingerprint density at radius 3 is 2.92 bits per heavy atom. The van der Waals surface area contributed by atoms with Gasteiger partial charge in [-0.25, -0.2) is 15.0 Å². The molecule has 0 bridgehead atoms. The maximum atomic E-state index is 11.4. The average molecular weight is 345 g/mol. The SMILES string of the molecule is CC(=O)N(C)c1nc(CN2CCc3cnc(C(C)C)nc3C2)cs1. The second-order valence-electron chi connectivity index (χ2n) is 6.51. The predicted octanol–water partition coefficient (Wildman–Crippen LogP) is 2.60. The van der Waals surface area contributed by atoms with E-state index in [9.17, 15) is 4.79 Å². The first-order valence-electron chi connectivity index (χ1n) is 8.19. The van der Waals surface area contributed by atoms with E-state index in [0.29, 0.717) is 5.92 Å². The Labute approximate surface area is 146 Å². The van der Waals surface area contributed by atoms with Crippen molar-refractivity contribution in [3.63, 3.8) is 0 Å². The molecule has 1 aliphatic rings. The molecule has 2 aromatic heterocycles. The van der Waals surface area contributed by atoms with Gasteiger partial charge < -0.3 is 0 Å². The van der Waals surface area contributed by atoms with Crippen LogP contribution in [0, 0.1) is 0 Å². The molecule has 128 valence electrons. The standard InChI is InChI=1S/C17H23N5OS/c1-11(2)16-18-7-13-5-6-22(9-15(13)20-16)8-14-10-24-17(19-14)21(4)12(3)23/h7,10-11H,5-6,8-9H2,1-4H3. The van der Waals surface area contributed by atoms with Crippen LogP contribution in [0.1, 0.15) is 49.5 Å². The number of aromatic nitrogens is 3. The van der Waals surface area contributed by atoms with Gasteiger partial charge in [-0.2, -0.15) is 0 Å². The Kier molecular flexibility index (Phi) is 4.91.